The fourth-order valence-corrected chi connectivity index (χ4v) is 8.22. The van der Waals surface area contributed by atoms with Gasteiger partial charge >= 0.3 is 0 Å². The minimum absolute atomic E-state index is 0.100. The predicted octanol–water partition coefficient (Wildman–Crippen LogP) is 5.75. The summed E-state index contributed by atoms with van der Waals surface area (Å²) in [5.74, 6) is 1.27. The van der Waals surface area contributed by atoms with Crippen molar-refractivity contribution >= 4 is 23.4 Å². The molecule has 43 heavy (non-hydrogen) atoms. The zero-order valence-electron chi connectivity index (χ0n) is 26.2. The van der Waals surface area contributed by atoms with Crippen molar-refractivity contribution in [1.82, 2.24) is 29.9 Å². The molecule has 1 saturated heterocycles. The van der Waals surface area contributed by atoms with Crippen LogP contribution < -0.4 is 5.32 Å². The summed E-state index contributed by atoms with van der Waals surface area (Å²) in [5, 5.41) is 8.96. The van der Waals surface area contributed by atoms with E-state index in [1.807, 2.05) is 40.2 Å². The minimum Gasteiger partial charge on any atom is -0.343 e. The van der Waals surface area contributed by atoms with E-state index in [1.165, 1.54) is 32.1 Å². The second kappa shape index (κ2) is 15.0. The van der Waals surface area contributed by atoms with Gasteiger partial charge in [0, 0.05) is 49.7 Å². The summed E-state index contributed by atoms with van der Waals surface area (Å²) < 4.78 is 2.01. The van der Waals surface area contributed by atoms with Crippen LogP contribution in [0.5, 0.6) is 0 Å². The van der Waals surface area contributed by atoms with Crippen LogP contribution in [0.25, 0.3) is 0 Å². The molecule has 236 valence electrons. The molecule has 2 amide bonds. The molecule has 3 aliphatic rings. The smallest absolute Gasteiger partial charge is 0.240 e. The number of amides is 2. The normalized spacial score (nSPS) is 23.6. The van der Waals surface area contributed by atoms with Crippen molar-refractivity contribution in [3.63, 3.8) is 0 Å². The Bertz CT molecular complexity index is 1150. The van der Waals surface area contributed by atoms with E-state index >= 15 is 0 Å². The van der Waals surface area contributed by atoms with Gasteiger partial charge in [-0.25, -0.2) is 4.98 Å². The Kier molecular flexibility index (Phi) is 11.2. The first-order valence-corrected chi connectivity index (χ1v) is 17.2. The molecule has 0 radical (unpaired) electrons. The Labute approximate surface area is 262 Å². The number of nitrogens with one attached hydrogen (secondary N) is 1. The molecule has 2 aromatic rings. The first-order valence-electron chi connectivity index (χ1n) is 16.8. The lowest BCUT2D eigenvalue weighted by molar-refractivity contribution is -0.138. The first-order chi connectivity index (χ1) is 20.9. The van der Waals surface area contributed by atoms with Crippen LogP contribution in [-0.4, -0.2) is 74.6 Å². The van der Waals surface area contributed by atoms with Crippen LogP contribution in [0, 0.1) is 17.3 Å². The second-order valence-corrected chi connectivity index (χ2v) is 13.7. The van der Waals surface area contributed by atoms with Crippen LogP contribution >= 0.6 is 11.6 Å². The molecule has 0 bridgehead atoms. The summed E-state index contributed by atoms with van der Waals surface area (Å²) in [6, 6.07) is 7.83. The molecule has 8 nitrogen and oxygen atoms in total. The number of piperidine rings is 1. The molecule has 0 spiro atoms. The van der Waals surface area contributed by atoms with E-state index < -0.39 is 0 Å². The van der Waals surface area contributed by atoms with Gasteiger partial charge in [-0.3, -0.25) is 14.3 Å². The Balaban J connectivity index is 1.25. The Morgan fingerprint density at radius 2 is 1.67 bits per heavy atom. The van der Waals surface area contributed by atoms with Crippen molar-refractivity contribution in [2.24, 2.45) is 17.3 Å². The third-order valence-corrected chi connectivity index (χ3v) is 11.0. The number of rotatable bonds is 11. The van der Waals surface area contributed by atoms with Gasteiger partial charge in [-0.1, -0.05) is 43.0 Å². The molecule has 2 aliphatic carbocycles. The summed E-state index contributed by atoms with van der Waals surface area (Å²) in [7, 11) is 0. The van der Waals surface area contributed by atoms with Gasteiger partial charge in [0.25, 0.3) is 0 Å². The van der Waals surface area contributed by atoms with Crippen molar-refractivity contribution in [3.8, 4) is 0 Å². The standard InChI is InChI=1S/C34H51ClN6O2/c1-3-39(4-2)32(42)27-12-16-30(17-13-27)38-31(22-26-10-14-29(35)15-11-26)33(43)40-20-18-34(19-21-40,23-41-25-36-24-37-41)28-8-6-5-7-9-28/h10-11,14-15,24-25,27-28,30-31,38H,3-9,12-13,16-23H2,1-2H3/t27?,30?,31-/m1/s1. The number of carbonyl (C=O) groups excluding carboxylic acids is 2. The molecule has 9 heteroatoms. The van der Waals surface area contributed by atoms with Gasteiger partial charge in [0.05, 0.1) is 6.04 Å². The van der Waals surface area contributed by atoms with Gasteiger partial charge in [0.1, 0.15) is 12.7 Å². The summed E-state index contributed by atoms with van der Waals surface area (Å²) in [5.41, 5.74) is 1.28. The molecular weight excluding hydrogens is 560 g/mol. The van der Waals surface area contributed by atoms with E-state index in [2.05, 4.69) is 34.1 Å². The number of halogens is 1. The largest absolute Gasteiger partial charge is 0.343 e. The number of nitrogens with zero attached hydrogens (tertiary/aromatic N) is 5. The number of hydrogen-bond acceptors (Lipinski definition) is 5. The molecule has 2 saturated carbocycles. The fraction of sp³-hybridized carbons (Fsp3) is 0.706. The lowest BCUT2D eigenvalue weighted by atomic mass is 9.63. The third-order valence-electron chi connectivity index (χ3n) is 10.7. The van der Waals surface area contributed by atoms with Gasteiger partial charge < -0.3 is 15.1 Å². The zero-order chi connectivity index (χ0) is 30.2. The van der Waals surface area contributed by atoms with Gasteiger partial charge in [-0.05, 0) is 101 Å². The lowest BCUT2D eigenvalue weighted by Crippen LogP contribution is -2.55. The zero-order valence-corrected chi connectivity index (χ0v) is 27.0. The lowest BCUT2D eigenvalue weighted by Gasteiger charge is -2.48. The van der Waals surface area contributed by atoms with Gasteiger partial charge in [-0.2, -0.15) is 5.10 Å². The van der Waals surface area contributed by atoms with Gasteiger partial charge in [0.15, 0.2) is 0 Å². The molecule has 0 unspecified atom stereocenters. The molecule has 1 aromatic heterocycles. The van der Waals surface area contributed by atoms with E-state index in [1.54, 1.807) is 6.33 Å². The van der Waals surface area contributed by atoms with E-state index in [0.29, 0.717) is 17.4 Å². The van der Waals surface area contributed by atoms with Crippen molar-refractivity contribution < 1.29 is 9.59 Å². The summed E-state index contributed by atoms with van der Waals surface area (Å²) >= 11 is 6.18. The molecule has 1 N–H and O–H groups in total. The molecule has 3 fully saturated rings. The topological polar surface area (TPSA) is 83.4 Å². The molecule has 1 atom stereocenters. The number of benzene rings is 1. The highest BCUT2D eigenvalue weighted by Crippen LogP contribution is 2.47. The Morgan fingerprint density at radius 1 is 1.00 bits per heavy atom. The highest BCUT2D eigenvalue weighted by Gasteiger charge is 2.44. The predicted molar refractivity (Wildman–Crippen MR) is 171 cm³/mol. The SMILES string of the molecule is CCN(CC)C(=O)C1CCC(N[C@H](Cc2ccc(Cl)cc2)C(=O)N2CCC(Cn3cncn3)(C3CCCCC3)CC2)CC1. The second-order valence-electron chi connectivity index (χ2n) is 13.2. The van der Waals surface area contributed by atoms with Crippen LogP contribution in [0.2, 0.25) is 5.02 Å². The van der Waals surface area contributed by atoms with Gasteiger partial charge in [-0.15, -0.1) is 0 Å². The van der Waals surface area contributed by atoms with Crippen molar-refractivity contribution in [2.75, 3.05) is 26.2 Å². The molecule has 1 aliphatic heterocycles. The average Bonchev–Trinajstić information content (AvgIpc) is 3.56. The Morgan fingerprint density at radius 3 is 2.28 bits per heavy atom. The number of hydrogen-bond donors (Lipinski definition) is 1. The summed E-state index contributed by atoms with van der Waals surface area (Å²) in [4.78, 5) is 35.5. The van der Waals surface area contributed by atoms with E-state index in [-0.39, 0.29) is 35.2 Å². The number of aromatic nitrogens is 3. The maximum absolute atomic E-state index is 14.2. The van der Waals surface area contributed by atoms with Crippen LogP contribution in [0.3, 0.4) is 0 Å². The maximum atomic E-state index is 14.2. The first kappa shape index (κ1) is 32.0. The number of likely N-dealkylation sites (tertiary alicyclic amines) is 1. The monoisotopic (exact) mass is 610 g/mol. The van der Waals surface area contributed by atoms with Crippen LogP contribution in [-0.2, 0) is 22.6 Å². The highest BCUT2D eigenvalue weighted by molar-refractivity contribution is 6.30. The third kappa shape index (κ3) is 7.99. The Hall–Kier alpha value is -2.45. The van der Waals surface area contributed by atoms with Crippen LogP contribution in [0.1, 0.15) is 90.0 Å². The molecular formula is C34H51ClN6O2. The fourth-order valence-electron chi connectivity index (χ4n) is 8.10. The van der Waals surface area contributed by atoms with Crippen molar-refractivity contribution in [2.45, 2.75) is 110 Å². The molecule has 2 heterocycles. The van der Waals surface area contributed by atoms with E-state index in [4.69, 9.17) is 11.6 Å². The van der Waals surface area contributed by atoms with Crippen molar-refractivity contribution in [1.29, 1.82) is 0 Å². The average molecular weight is 611 g/mol. The summed E-state index contributed by atoms with van der Waals surface area (Å²) in [6.07, 6.45) is 16.2. The van der Waals surface area contributed by atoms with Crippen LogP contribution in [0.15, 0.2) is 36.9 Å². The van der Waals surface area contributed by atoms with E-state index in [9.17, 15) is 9.59 Å². The quantitative estimate of drug-likeness (QED) is 0.350. The summed E-state index contributed by atoms with van der Waals surface area (Å²) in [6.45, 7) is 8.10. The maximum Gasteiger partial charge on any atom is 0.240 e. The van der Waals surface area contributed by atoms with Crippen molar-refractivity contribution in [3.05, 3.63) is 47.5 Å². The van der Waals surface area contributed by atoms with E-state index in [0.717, 1.165) is 76.8 Å². The minimum atomic E-state index is -0.293. The van der Waals surface area contributed by atoms with Gasteiger partial charge in [0.2, 0.25) is 11.8 Å². The highest BCUT2D eigenvalue weighted by atomic mass is 35.5. The number of carbonyl (C=O) groups is 2. The molecule has 5 rings (SSSR count). The molecule has 1 aromatic carbocycles. The van der Waals surface area contributed by atoms with Crippen LogP contribution in [0.4, 0.5) is 0 Å².